The van der Waals surface area contributed by atoms with Crippen LogP contribution in [-0.2, 0) is 15.1 Å². The largest absolute Gasteiger partial charge is 0.478 e. The summed E-state index contributed by atoms with van der Waals surface area (Å²) in [6, 6.07) is 5.86. The first-order chi connectivity index (χ1) is 8.13. The number of ether oxygens (including phenoxy) is 1. The topological polar surface area (TPSA) is 29.5 Å². The van der Waals surface area contributed by atoms with Crippen LogP contribution in [0.4, 0.5) is 5.69 Å². The Morgan fingerprint density at radius 3 is 2.88 bits per heavy atom. The van der Waals surface area contributed by atoms with Crippen LogP contribution < -0.4 is 4.90 Å². The van der Waals surface area contributed by atoms with E-state index in [1.807, 2.05) is 30.1 Å². The Balaban J connectivity index is 2.30. The number of anilines is 1. The van der Waals surface area contributed by atoms with Crippen LogP contribution >= 0.6 is 15.9 Å². The Labute approximate surface area is 107 Å². The first-order valence-corrected chi connectivity index (χ1v) is 5.98. The van der Waals surface area contributed by atoms with Gasteiger partial charge in [0.1, 0.15) is 0 Å². The number of para-hydroxylation sites is 1. The third kappa shape index (κ3) is 1.04. The van der Waals surface area contributed by atoms with Gasteiger partial charge in [-0.1, -0.05) is 18.7 Å². The molecule has 2 aliphatic heterocycles. The van der Waals surface area contributed by atoms with E-state index in [0.29, 0.717) is 5.57 Å². The van der Waals surface area contributed by atoms with Crippen LogP contribution in [0, 0.1) is 0 Å². The van der Waals surface area contributed by atoms with Crippen LogP contribution in [0.15, 0.2) is 46.8 Å². The minimum Gasteiger partial charge on any atom is -0.478 e. The fraction of sp³-hybridized carbons (Fsp3) is 0.154. The van der Waals surface area contributed by atoms with Crippen molar-refractivity contribution in [2.75, 3.05) is 11.9 Å². The zero-order valence-electron chi connectivity index (χ0n) is 9.24. The maximum atomic E-state index is 11.1. The molecule has 2 heterocycles. The molecular weight excluding hydrogens is 282 g/mol. The molecule has 0 aromatic heterocycles. The number of benzene rings is 1. The van der Waals surface area contributed by atoms with Crippen LogP contribution in [0.5, 0.6) is 0 Å². The molecule has 4 heteroatoms. The monoisotopic (exact) mass is 291 g/mol. The summed E-state index contributed by atoms with van der Waals surface area (Å²) < 4.78 is 6.56. The van der Waals surface area contributed by atoms with Gasteiger partial charge in [0.2, 0.25) is 5.60 Å². The first-order valence-electron chi connectivity index (χ1n) is 5.18. The van der Waals surface area contributed by atoms with Gasteiger partial charge in [-0.2, -0.15) is 0 Å². The Kier molecular flexibility index (Phi) is 2.01. The van der Waals surface area contributed by atoms with Crippen molar-refractivity contribution in [2.24, 2.45) is 0 Å². The highest BCUT2D eigenvalue weighted by atomic mass is 79.9. The lowest BCUT2D eigenvalue weighted by Crippen LogP contribution is -2.39. The predicted molar refractivity (Wildman–Crippen MR) is 68.6 cm³/mol. The highest BCUT2D eigenvalue weighted by Crippen LogP contribution is 2.56. The normalized spacial score (nSPS) is 25.2. The van der Waals surface area contributed by atoms with Crippen molar-refractivity contribution in [3.63, 3.8) is 0 Å². The van der Waals surface area contributed by atoms with Gasteiger partial charge in [0.25, 0.3) is 0 Å². The molecule has 0 saturated heterocycles. The Morgan fingerprint density at radius 1 is 1.53 bits per heavy atom. The zero-order valence-corrected chi connectivity index (χ0v) is 10.8. The SMILES string of the molecule is C=C1N(C)c2c(Br)cccc2[C@]12OC=C2C=O. The van der Waals surface area contributed by atoms with Crippen molar-refractivity contribution in [1.82, 2.24) is 0 Å². The van der Waals surface area contributed by atoms with Gasteiger partial charge in [0.15, 0.2) is 6.29 Å². The summed E-state index contributed by atoms with van der Waals surface area (Å²) in [6.45, 7) is 4.04. The van der Waals surface area contributed by atoms with Crippen LogP contribution in [0.25, 0.3) is 0 Å². The van der Waals surface area contributed by atoms with Crippen molar-refractivity contribution in [2.45, 2.75) is 5.60 Å². The molecule has 1 aromatic rings. The van der Waals surface area contributed by atoms with Gasteiger partial charge in [-0.3, -0.25) is 4.79 Å². The molecule has 1 spiro atoms. The van der Waals surface area contributed by atoms with Gasteiger partial charge < -0.3 is 9.64 Å². The molecule has 0 bridgehead atoms. The molecule has 0 unspecified atom stereocenters. The van der Waals surface area contributed by atoms with Gasteiger partial charge in [-0.25, -0.2) is 0 Å². The Bertz CT molecular complexity index is 579. The number of carbonyl (C=O) groups is 1. The maximum Gasteiger partial charge on any atom is 0.206 e. The second-order valence-electron chi connectivity index (χ2n) is 4.13. The summed E-state index contributed by atoms with van der Waals surface area (Å²) in [5, 5.41) is 0. The molecule has 1 atom stereocenters. The molecule has 1 aromatic carbocycles. The molecule has 17 heavy (non-hydrogen) atoms. The minimum atomic E-state index is -0.768. The molecule has 0 aliphatic carbocycles. The molecule has 0 amide bonds. The number of nitrogens with zero attached hydrogens (tertiary/aromatic N) is 1. The number of rotatable bonds is 1. The fourth-order valence-corrected chi connectivity index (χ4v) is 3.11. The maximum absolute atomic E-state index is 11.1. The number of carbonyl (C=O) groups excluding carboxylic acids is 1. The predicted octanol–water partition coefficient (Wildman–Crippen LogP) is 2.72. The molecule has 0 N–H and O–H groups in total. The van der Waals surface area contributed by atoms with E-state index in [1.165, 1.54) is 6.26 Å². The van der Waals surface area contributed by atoms with Crippen molar-refractivity contribution in [3.05, 3.63) is 52.3 Å². The van der Waals surface area contributed by atoms with E-state index in [4.69, 9.17) is 4.74 Å². The standard InChI is InChI=1S/C13H10BrNO2/c1-8-13(9(6-16)7-17-13)10-4-3-5-11(14)12(10)15(8)2/h3-7H,1H2,2H3/t13-/m0/s1. The molecule has 86 valence electrons. The molecule has 3 nitrogen and oxygen atoms in total. The van der Waals surface area contributed by atoms with Crippen molar-refractivity contribution < 1.29 is 9.53 Å². The summed E-state index contributed by atoms with van der Waals surface area (Å²) in [7, 11) is 1.92. The van der Waals surface area contributed by atoms with E-state index in [9.17, 15) is 4.79 Å². The summed E-state index contributed by atoms with van der Waals surface area (Å²) >= 11 is 3.52. The summed E-state index contributed by atoms with van der Waals surface area (Å²) in [6.07, 6.45) is 2.32. The second-order valence-corrected chi connectivity index (χ2v) is 4.99. The molecule has 2 aliphatic rings. The van der Waals surface area contributed by atoms with Gasteiger partial charge in [-0.15, -0.1) is 0 Å². The number of hydrogen-bond donors (Lipinski definition) is 0. The van der Waals surface area contributed by atoms with Crippen molar-refractivity contribution >= 4 is 27.9 Å². The third-order valence-corrected chi connectivity index (χ3v) is 4.05. The number of hydrogen-bond acceptors (Lipinski definition) is 3. The van der Waals surface area contributed by atoms with Crippen LogP contribution in [0.1, 0.15) is 5.56 Å². The van der Waals surface area contributed by atoms with E-state index in [2.05, 4.69) is 22.5 Å². The Morgan fingerprint density at radius 2 is 2.29 bits per heavy atom. The van der Waals surface area contributed by atoms with Crippen LogP contribution in [0.2, 0.25) is 0 Å². The smallest absolute Gasteiger partial charge is 0.206 e. The van der Waals surface area contributed by atoms with Crippen molar-refractivity contribution in [3.8, 4) is 0 Å². The second kappa shape index (κ2) is 3.23. The Hall–Kier alpha value is -1.55. The van der Waals surface area contributed by atoms with Gasteiger partial charge >= 0.3 is 0 Å². The van der Waals surface area contributed by atoms with E-state index in [-0.39, 0.29) is 0 Å². The number of halogens is 1. The summed E-state index contributed by atoms with van der Waals surface area (Å²) in [5.74, 6) is 0. The molecule has 0 radical (unpaired) electrons. The quantitative estimate of drug-likeness (QED) is 0.745. The molecule has 0 saturated carbocycles. The third-order valence-electron chi connectivity index (χ3n) is 3.41. The van der Waals surface area contributed by atoms with Crippen molar-refractivity contribution in [1.29, 1.82) is 0 Å². The lowest BCUT2D eigenvalue weighted by atomic mass is 9.83. The van der Waals surface area contributed by atoms with Crippen LogP contribution in [0.3, 0.4) is 0 Å². The van der Waals surface area contributed by atoms with E-state index in [0.717, 1.165) is 27.7 Å². The van der Waals surface area contributed by atoms with Gasteiger partial charge in [-0.05, 0) is 22.0 Å². The number of aldehydes is 1. The highest BCUT2D eigenvalue weighted by molar-refractivity contribution is 9.10. The average molecular weight is 292 g/mol. The molecular formula is C13H10BrNO2. The van der Waals surface area contributed by atoms with E-state index >= 15 is 0 Å². The lowest BCUT2D eigenvalue weighted by Gasteiger charge is -2.37. The molecule has 3 rings (SSSR count). The highest BCUT2D eigenvalue weighted by Gasteiger charge is 2.54. The summed E-state index contributed by atoms with van der Waals surface area (Å²) in [4.78, 5) is 13.0. The van der Waals surface area contributed by atoms with Crippen LogP contribution in [-0.4, -0.2) is 13.3 Å². The van der Waals surface area contributed by atoms with Gasteiger partial charge in [0, 0.05) is 17.1 Å². The lowest BCUT2D eigenvalue weighted by molar-refractivity contribution is -0.109. The fourth-order valence-electron chi connectivity index (χ4n) is 2.48. The summed E-state index contributed by atoms with van der Waals surface area (Å²) in [5.41, 5.74) is 2.58. The number of likely N-dealkylation sites (N-methyl/N-ethyl adjacent to an activating group) is 1. The van der Waals surface area contributed by atoms with E-state index in [1.54, 1.807) is 0 Å². The minimum absolute atomic E-state index is 0.617. The van der Waals surface area contributed by atoms with E-state index < -0.39 is 5.60 Å². The molecule has 0 fully saturated rings. The van der Waals surface area contributed by atoms with Gasteiger partial charge in [0.05, 0.1) is 23.2 Å². The number of fused-ring (bicyclic) bond motifs is 2. The first kappa shape index (κ1) is 10.6. The zero-order chi connectivity index (χ0) is 12.2. The average Bonchev–Trinajstić information content (AvgIpc) is 2.51.